The molecule has 1 aromatic heterocycles. The van der Waals surface area contributed by atoms with Gasteiger partial charge in [-0.05, 0) is 49.7 Å². The van der Waals surface area contributed by atoms with Crippen LogP contribution < -0.4 is 4.90 Å². The predicted octanol–water partition coefficient (Wildman–Crippen LogP) is 6.71. The Morgan fingerprint density at radius 1 is 0.767 bits per heavy atom. The van der Waals surface area contributed by atoms with E-state index < -0.39 is 0 Å². The van der Waals surface area contributed by atoms with Crippen molar-refractivity contribution in [2.45, 2.75) is 64.8 Å². The van der Waals surface area contributed by atoms with Gasteiger partial charge in [-0.1, -0.05) is 74.6 Å². The Balaban J connectivity index is 1.60. The number of aromatic nitrogens is 2. The Morgan fingerprint density at radius 3 is 2.27 bits per heavy atom. The van der Waals surface area contributed by atoms with Crippen molar-refractivity contribution >= 4 is 16.6 Å². The third kappa shape index (κ3) is 3.29. The van der Waals surface area contributed by atoms with Crippen molar-refractivity contribution in [2.75, 3.05) is 11.9 Å². The van der Waals surface area contributed by atoms with E-state index in [-0.39, 0.29) is 0 Å². The van der Waals surface area contributed by atoms with Crippen molar-refractivity contribution in [1.82, 2.24) is 10.2 Å². The molecule has 2 aliphatic rings. The minimum Gasteiger partial charge on any atom is -0.354 e. The van der Waals surface area contributed by atoms with E-state index in [0.29, 0.717) is 6.04 Å². The average molecular weight is 400 g/mol. The number of nitrogens with zero attached hydrogens (tertiary/aromatic N) is 3. The second-order valence-corrected chi connectivity index (χ2v) is 9.50. The molecule has 0 N–H and O–H groups in total. The summed E-state index contributed by atoms with van der Waals surface area (Å²) in [5.41, 5.74) is 4.75. The van der Waals surface area contributed by atoms with Gasteiger partial charge in [-0.15, -0.1) is 10.2 Å². The number of fused-ring (bicyclic) bond motifs is 2. The Bertz CT molecular complexity index is 1030. The number of aryl methyl sites for hydroxylation is 2. The van der Waals surface area contributed by atoms with Crippen molar-refractivity contribution in [3.63, 3.8) is 0 Å². The van der Waals surface area contributed by atoms with Gasteiger partial charge in [0.05, 0.1) is 0 Å². The topological polar surface area (TPSA) is 29.0 Å². The molecule has 3 heteroatoms. The molecule has 3 atom stereocenters. The molecular formula is C27H33N3. The Morgan fingerprint density at radius 2 is 1.47 bits per heavy atom. The first-order valence-corrected chi connectivity index (χ1v) is 11.7. The zero-order chi connectivity index (χ0) is 20.7. The summed E-state index contributed by atoms with van der Waals surface area (Å²) < 4.78 is 0. The highest BCUT2D eigenvalue weighted by Crippen LogP contribution is 2.44. The lowest BCUT2D eigenvalue weighted by Gasteiger charge is -2.45. The van der Waals surface area contributed by atoms with E-state index in [0.717, 1.165) is 23.3 Å². The first kappa shape index (κ1) is 19.5. The predicted molar refractivity (Wildman–Crippen MR) is 126 cm³/mol. The molecule has 2 aliphatic carbocycles. The maximum absolute atomic E-state index is 4.85. The molecule has 5 rings (SSSR count). The molecule has 2 fully saturated rings. The summed E-state index contributed by atoms with van der Waals surface area (Å²) in [7, 11) is 2.26. The fourth-order valence-electron chi connectivity index (χ4n) is 6.27. The Labute approximate surface area is 180 Å². The summed E-state index contributed by atoms with van der Waals surface area (Å²) >= 11 is 0. The third-order valence-electron chi connectivity index (χ3n) is 7.75. The Kier molecular flexibility index (Phi) is 5.22. The minimum atomic E-state index is 0.591. The second kappa shape index (κ2) is 8.02. The smallest absolute Gasteiger partial charge is 0.159 e. The van der Waals surface area contributed by atoms with Crippen molar-refractivity contribution in [1.29, 1.82) is 0 Å². The molecule has 0 radical (unpaired) electrons. The zero-order valence-electron chi connectivity index (χ0n) is 18.6. The first-order valence-electron chi connectivity index (χ1n) is 11.7. The highest BCUT2D eigenvalue weighted by Gasteiger charge is 2.37. The molecule has 0 spiro atoms. The quantitative estimate of drug-likeness (QED) is 0.490. The van der Waals surface area contributed by atoms with Gasteiger partial charge in [0.2, 0.25) is 0 Å². The molecule has 0 amide bonds. The highest BCUT2D eigenvalue weighted by atomic mass is 15.3. The first-order chi connectivity index (χ1) is 14.6. The van der Waals surface area contributed by atoms with E-state index in [1.54, 1.807) is 0 Å². The van der Waals surface area contributed by atoms with Crippen LogP contribution in [0, 0.1) is 25.7 Å². The molecule has 0 saturated heterocycles. The minimum absolute atomic E-state index is 0.591. The molecule has 0 aliphatic heterocycles. The van der Waals surface area contributed by atoms with Gasteiger partial charge in [0.1, 0.15) is 5.69 Å². The molecule has 30 heavy (non-hydrogen) atoms. The van der Waals surface area contributed by atoms with Crippen LogP contribution in [0.2, 0.25) is 0 Å². The van der Waals surface area contributed by atoms with Crippen molar-refractivity contribution in [2.24, 2.45) is 11.8 Å². The molecule has 2 aromatic carbocycles. The lowest BCUT2D eigenvalue weighted by Crippen LogP contribution is -2.45. The average Bonchev–Trinajstić information content (AvgIpc) is 2.78. The van der Waals surface area contributed by atoms with E-state index in [1.165, 1.54) is 72.4 Å². The molecule has 3 aromatic rings. The molecule has 2 saturated carbocycles. The van der Waals surface area contributed by atoms with Crippen LogP contribution in [0.5, 0.6) is 0 Å². The summed E-state index contributed by atoms with van der Waals surface area (Å²) in [4.78, 5) is 2.48. The zero-order valence-corrected chi connectivity index (χ0v) is 18.6. The van der Waals surface area contributed by atoms with E-state index in [1.807, 2.05) is 0 Å². The summed E-state index contributed by atoms with van der Waals surface area (Å²) in [6, 6.07) is 15.8. The van der Waals surface area contributed by atoms with Gasteiger partial charge in [-0.25, -0.2) is 0 Å². The van der Waals surface area contributed by atoms with Crippen LogP contribution in [-0.2, 0) is 0 Å². The van der Waals surface area contributed by atoms with Crippen LogP contribution in [0.15, 0.2) is 42.5 Å². The standard InChI is InChI=1S/C27H33N3/c1-18-10-8-11-19(2)25(18)26-22-15-6-7-16-23(22)27(29-28-26)30(3)24-17-9-13-20-12-4-5-14-21(20)24/h6-8,10-11,15-16,20-21,24H,4-5,9,12-14,17H2,1-3H3/t20-,21+,24?/m0/s1. The summed E-state index contributed by atoms with van der Waals surface area (Å²) in [6.07, 6.45) is 9.67. The van der Waals surface area contributed by atoms with E-state index in [4.69, 9.17) is 10.2 Å². The van der Waals surface area contributed by atoms with Crippen LogP contribution in [0.4, 0.5) is 5.82 Å². The van der Waals surface area contributed by atoms with Crippen LogP contribution in [-0.4, -0.2) is 23.3 Å². The Hall–Kier alpha value is -2.42. The lowest BCUT2D eigenvalue weighted by molar-refractivity contribution is 0.143. The fourth-order valence-corrected chi connectivity index (χ4v) is 6.27. The number of hydrogen-bond acceptors (Lipinski definition) is 3. The summed E-state index contributed by atoms with van der Waals surface area (Å²) in [5, 5.41) is 12.1. The number of benzene rings is 2. The van der Waals surface area contributed by atoms with Gasteiger partial charge in [-0.3, -0.25) is 0 Å². The lowest BCUT2D eigenvalue weighted by atomic mass is 9.68. The van der Waals surface area contributed by atoms with E-state index in [2.05, 4.69) is 68.3 Å². The number of anilines is 1. The summed E-state index contributed by atoms with van der Waals surface area (Å²) in [6.45, 7) is 4.34. The van der Waals surface area contributed by atoms with Crippen molar-refractivity contribution in [3.8, 4) is 11.3 Å². The van der Waals surface area contributed by atoms with Crippen molar-refractivity contribution < 1.29 is 0 Å². The molecule has 0 bridgehead atoms. The van der Waals surface area contributed by atoms with Gasteiger partial charge in [-0.2, -0.15) is 0 Å². The van der Waals surface area contributed by atoms with Gasteiger partial charge in [0.15, 0.2) is 5.82 Å². The molecular weight excluding hydrogens is 366 g/mol. The van der Waals surface area contributed by atoms with E-state index >= 15 is 0 Å². The molecule has 1 heterocycles. The van der Waals surface area contributed by atoms with Gasteiger partial charge < -0.3 is 4.90 Å². The van der Waals surface area contributed by atoms with Gasteiger partial charge >= 0.3 is 0 Å². The van der Waals surface area contributed by atoms with Crippen LogP contribution in [0.25, 0.3) is 22.0 Å². The van der Waals surface area contributed by atoms with Crippen LogP contribution >= 0.6 is 0 Å². The molecule has 1 unspecified atom stereocenters. The second-order valence-electron chi connectivity index (χ2n) is 9.50. The maximum Gasteiger partial charge on any atom is 0.159 e. The van der Waals surface area contributed by atoms with Gasteiger partial charge in [0, 0.05) is 29.4 Å². The monoisotopic (exact) mass is 399 g/mol. The molecule has 3 nitrogen and oxygen atoms in total. The van der Waals surface area contributed by atoms with Crippen LogP contribution in [0.3, 0.4) is 0 Å². The maximum atomic E-state index is 4.85. The number of rotatable bonds is 3. The number of hydrogen-bond donors (Lipinski definition) is 0. The third-order valence-corrected chi connectivity index (χ3v) is 7.75. The summed E-state index contributed by atoms with van der Waals surface area (Å²) in [5.74, 6) is 2.78. The largest absolute Gasteiger partial charge is 0.354 e. The normalized spacial score (nSPS) is 23.9. The van der Waals surface area contributed by atoms with Crippen molar-refractivity contribution in [3.05, 3.63) is 53.6 Å². The SMILES string of the molecule is Cc1cccc(C)c1-c1nnc(N(C)C2CCC[C@@H]3CCCC[C@@H]23)c2ccccc12. The highest BCUT2D eigenvalue weighted by molar-refractivity contribution is 6.01. The van der Waals surface area contributed by atoms with Gasteiger partial charge in [0.25, 0.3) is 0 Å². The van der Waals surface area contributed by atoms with E-state index in [9.17, 15) is 0 Å². The fraction of sp³-hybridized carbons (Fsp3) is 0.481. The van der Waals surface area contributed by atoms with Crippen LogP contribution in [0.1, 0.15) is 56.1 Å². The molecule has 156 valence electrons.